The van der Waals surface area contributed by atoms with E-state index in [1.807, 2.05) is 0 Å². The number of alkyl halides is 3. The Hall–Kier alpha value is -4.61. The van der Waals surface area contributed by atoms with Crippen molar-refractivity contribution in [1.29, 1.82) is 0 Å². The Kier molecular flexibility index (Phi) is 11.5. The van der Waals surface area contributed by atoms with Crippen LogP contribution < -0.4 is 21.3 Å². The minimum Gasteiger partial charge on any atom is -0.480 e. The first-order valence-corrected chi connectivity index (χ1v) is 15.6. The van der Waals surface area contributed by atoms with E-state index in [0.29, 0.717) is 18.5 Å². The van der Waals surface area contributed by atoms with Crippen LogP contribution in [-0.4, -0.2) is 91.5 Å². The first kappa shape index (κ1) is 35.2. The van der Waals surface area contributed by atoms with Gasteiger partial charge in [-0.05, 0) is 50.7 Å². The van der Waals surface area contributed by atoms with Gasteiger partial charge in [0.2, 0.25) is 23.6 Å². The lowest BCUT2D eigenvalue weighted by molar-refractivity contribution is -0.145. The summed E-state index contributed by atoms with van der Waals surface area (Å²) >= 11 is 0.834. The lowest BCUT2D eigenvalue weighted by Crippen LogP contribution is -2.55. The number of fused-ring (bicyclic) bond motifs is 1. The predicted molar refractivity (Wildman–Crippen MR) is 159 cm³/mol. The van der Waals surface area contributed by atoms with E-state index in [0.717, 1.165) is 28.8 Å². The monoisotopic (exact) mass is 681 g/mol. The Labute approximate surface area is 271 Å². The molecule has 5 amide bonds. The average Bonchev–Trinajstić information content (AvgIpc) is 3.63. The summed E-state index contributed by atoms with van der Waals surface area (Å²) in [5.74, 6) is -4.68. The second-order valence-corrected chi connectivity index (χ2v) is 11.9. The number of hydrogen-bond acceptors (Lipinski definition) is 9. The number of aryl methyl sites for hydroxylation is 1. The fraction of sp³-hybridized carbons (Fsp3) is 0.517. The zero-order valence-corrected chi connectivity index (χ0v) is 26.1. The topological polar surface area (TPSA) is 200 Å². The van der Waals surface area contributed by atoms with Crippen LogP contribution in [0.15, 0.2) is 24.3 Å². The molecule has 1 aromatic carbocycles. The van der Waals surface area contributed by atoms with Crippen LogP contribution in [0.4, 0.5) is 13.2 Å². The molecule has 2 aromatic rings. The molecule has 0 saturated carbocycles. The zero-order chi connectivity index (χ0) is 34.3. The molecule has 254 valence electrons. The maximum absolute atomic E-state index is 14.0. The van der Waals surface area contributed by atoms with E-state index in [9.17, 15) is 47.0 Å². The molecule has 2 aliphatic rings. The van der Waals surface area contributed by atoms with E-state index in [1.54, 1.807) is 6.92 Å². The molecule has 0 bridgehead atoms. The SMILES string of the molecule is Cc1nsnc1C(=O)N[C@@H]1C[C@H]2C(=O)N[C@H](C(=O)O)CCC(=O)NCCCC[C@H](NC(=O)Cc3cccc(C(F)(F)F)c3)C(=O)N2C1. The third-order valence-corrected chi connectivity index (χ3v) is 8.48. The van der Waals surface area contributed by atoms with Crippen molar-refractivity contribution in [3.05, 3.63) is 46.8 Å². The van der Waals surface area contributed by atoms with Crippen molar-refractivity contribution in [2.75, 3.05) is 13.1 Å². The minimum absolute atomic E-state index is 0.0618. The number of amides is 5. The average molecular weight is 682 g/mol. The number of carbonyl (C=O) groups excluding carboxylic acids is 5. The van der Waals surface area contributed by atoms with Crippen LogP contribution in [0.1, 0.15) is 65.8 Å². The second-order valence-electron chi connectivity index (χ2n) is 11.4. The predicted octanol–water partition coefficient (Wildman–Crippen LogP) is 0.942. The number of carboxylic acids is 1. The molecule has 5 N–H and O–H groups in total. The van der Waals surface area contributed by atoms with Gasteiger partial charge in [-0.2, -0.15) is 21.9 Å². The molecule has 2 saturated heterocycles. The van der Waals surface area contributed by atoms with Gasteiger partial charge in [-0.15, -0.1) is 0 Å². The highest BCUT2D eigenvalue weighted by Gasteiger charge is 2.43. The molecule has 14 nitrogen and oxygen atoms in total. The van der Waals surface area contributed by atoms with E-state index in [1.165, 1.54) is 12.1 Å². The van der Waals surface area contributed by atoms with Gasteiger partial charge in [0.05, 0.1) is 29.4 Å². The van der Waals surface area contributed by atoms with Gasteiger partial charge in [0, 0.05) is 25.6 Å². The molecule has 0 radical (unpaired) electrons. The van der Waals surface area contributed by atoms with E-state index in [2.05, 4.69) is 30.0 Å². The molecule has 0 unspecified atom stereocenters. The summed E-state index contributed by atoms with van der Waals surface area (Å²) in [6.45, 7) is 1.62. The normalized spacial score (nSPS) is 23.1. The first-order chi connectivity index (χ1) is 22.2. The molecule has 0 aliphatic carbocycles. The van der Waals surface area contributed by atoms with Crippen LogP contribution in [-0.2, 0) is 36.6 Å². The molecule has 18 heteroatoms. The van der Waals surface area contributed by atoms with Gasteiger partial charge in [-0.3, -0.25) is 24.0 Å². The molecular weight excluding hydrogens is 647 g/mol. The van der Waals surface area contributed by atoms with Crippen molar-refractivity contribution in [2.45, 2.75) is 82.2 Å². The minimum atomic E-state index is -4.62. The van der Waals surface area contributed by atoms with Crippen molar-refractivity contribution in [1.82, 2.24) is 34.9 Å². The number of rotatable bonds is 6. The van der Waals surface area contributed by atoms with E-state index in [4.69, 9.17) is 0 Å². The molecule has 47 heavy (non-hydrogen) atoms. The van der Waals surface area contributed by atoms with E-state index >= 15 is 0 Å². The maximum atomic E-state index is 14.0. The number of hydrogen-bond donors (Lipinski definition) is 5. The number of nitrogens with zero attached hydrogens (tertiary/aromatic N) is 3. The van der Waals surface area contributed by atoms with Gasteiger partial charge in [0.1, 0.15) is 18.1 Å². The first-order valence-electron chi connectivity index (χ1n) is 14.9. The lowest BCUT2D eigenvalue weighted by atomic mass is 10.0. The molecule has 4 atom stereocenters. The number of aromatic nitrogens is 2. The Morgan fingerprint density at radius 1 is 1.11 bits per heavy atom. The number of nitrogens with one attached hydrogen (secondary N) is 4. The van der Waals surface area contributed by atoms with Crippen LogP contribution in [0.5, 0.6) is 0 Å². The largest absolute Gasteiger partial charge is 0.480 e. The fourth-order valence-corrected chi connectivity index (χ4v) is 6.01. The molecule has 2 aliphatic heterocycles. The van der Waals surface area contributed by atoms with Crippen LogP contribution in [0.2, 0.25) is 0 Å². The van der Waals surface area contributed by atoms with Crippen molar-refractivity contribution < 1.29 is 47.0 Å². The zero-order valence-electron chi connectivity index (χ0n) is 25.3. The summed E-state index contributed by atoms with van der Waals surface area (Å²) in [5, 5.41) is 20.1. The summed E-state index contributed by atoms with van der Waals surface area (Å²) in [4.78, 5) is 78.8. The van der Waals surface area contributed by atoms with Crippen LogP contribution >= 0.6 is 11.7 Å². The molecule has 4 rings (SSSR count). The Morgan fingerprint density at radius 3 is 2.55 bits per heavy atom. The lowest BCUT2D eigenvalue weighted by Gasteiger charge is -2.29. The van der Waals surface area contributed by atoms with Crippen LogP contribution in [0.25, 0.3) is 0 Å². The quantitative estimate of drug-likeness (QED) is 0.294. The second kappa shape index (κ2) is 15.3. The Bertz CT molecular complexity index is 1520. The smallest absolute Gasteiger partial charge is 0.416 e. The molecular formula is C29H34F3N7O7S. The summed E-state index contributed by atoms with van der Waals surface area (Å²) in [7, 11) is 0. The third-order valence-electron chi connectivity index (χ3n) is 7.86. The van der Waals surface area contributed by atoms with Crippen LogP contribution in [0, 0.1) is 6.92 Å². The van der Waals surface area contributed by atoms with Crippen LogP contribution in [0.3, 0.4) is 0 Å². The van der Waals surface area contributed by atoms with E-state index < -0.39 is 77.8 Å². The molecule has 1 aromatic heterocycles. The standard InChI is InChI=1S/C29H34F3N7O7S/c1-15-24(38-47-37-15)26(43)34-18-13-21-25(42)36-20(28(45)46)8-9-22(40)33-10-3-2-7-19(27(44)39(21)14-18)35-23(41)12-16-5-4-6-17(11-16)29(30,31)32/h4-6,11,18-21H,2-3,7-10,12-14H2,1H3,(H,33,40)(H,34,43)(H,35,41)(H,36,42)(H,45,46)/t18-,19+,20+,21+/m1/s1. The molecule has 3 heterocycles. The van der Waals surface area contributed by atoms with Crippen molar-refractivity contribution in [3.8, 4) is 0 Å². The summed E-state index contributed by atoms with van der Waals surface area (Å²) in [5.41, 5.74) is -0.417. The number of halogens is 3. The van der Waals surface area contributed by atoms with Crippen molar-refractivity contribution in [3.63, 3.8) is 0 Å². The fourth-order valence-electron chi connectivity index (χ4n) is 5.46. The third kappa shape index (κ3) is 9.46. The van der Waals surface area contributed by atoms with Crippen molar-refractivity contribution in [2.24, 2.45) is 0 Å². The Morgan fingerprint density at radius 2 is 1.87 bits per heavy atom. The molecule has 2 fully saturated rings. The van der Waals surface area contributed by atoms with Gasteiger partial charge in [-0.25, -0.2) is 4.79 Å². The highest BCUT2D eigenvalue weighted by molar-refractivity contribution is 6.99. The van der Waals surface area contributed by atoms with Gasteiger partial charge in [0.15, 0.2) is 5.69 Å². The van der Waals surface area contributed by atoms with Crippen molar-refractivity contribution >= 4 is 47.2 Å². The Balaban J connectivity index is 1.59. The summed E-state index contributed by atoms with van der Waals surface area (Å²) in [6.07, 6.45) is -4.79. The molecule has 0 spiro atoms. The van der Waals surface area contributed by atoms with Gasteiger partial charge >= 0.3 is 12.1 Å². The van der Waals surface area contributed by atoms with Gasteiger partial charge < -0.3 is 31.3 Å². The van der Waals surface area contributed by atoms with E-state index in [-0.39, 0.29) is 50.0 Å². The summed E-state index contributed by atoms with van der Waals surface area (Å²) in [6, 6.07) is -0.461. The van der Waals surface area contributed by atoms with Gasteiger partial charge in [-0.1, -0.05) is 18.2 Å². The highest BCUT2D eigenvalue weighted by atomic mass is 32.1. The number of benzene rings is 1. The number of carbonyl (C=O) groups is 6. The highest BCUT2D eigenvalue weighted by Crippen LogP contribution is 2.29. The number of aliphatic carboxylic acids is 1. The van der Waals surface area contributed by atoms with Gasteiger partial charge in [0.25, 0.3) is 5.91 Å². The maximum Gasteiger partial charge on any atom is 0.416 e. The number of carboxylic acid groups (broad SMARTS) is 1. The summed E-state index contributed by atoms with van der Waals surface area (Å²) < 4.78 is 47.6.